The summed E-state index contributed by atoms with van der Waals surface area (Å²) in [5.74, 6) is -1.50. The Hall–Kier alpha value is 2.92. The molecule has 0 radical (unpaired) electrons. The molecule has 1 saturated heterocycles. The minimum Gasteiger partial charge on any atom is -0.370 e. The summed E-state index contributed by atoms with van der Waals surface area (Å²) in [7, 11) is 0. The fourth-order valence-electron chi connectivity index (χ4n) is 5.34. The maximum Gasteiger partial charge on any atom is 0.169 e. The average molecular weight is 614 g/mol. The van der Waals surface area contributed by atoms with Gasteiger partial charge in [0, 0.05) is 11.8 Å². The van der Waals surface area contributed by atoms with Gasteiger partial charge < -0.3 is 4.74 Å². The largest absolute Gasteiger partial charge is 0.370 e. The maximum atomic E-state index is 6.93. The summed E-state index contributed by atoms with van der Waals surface area (Å²) < 4.78 is 2.57. The first-order valence-electron chi connectivity index (χ1n) is 7.39. The van der Waals surface area contributed by atoms with Gasteiger partial charge in [-0.15, -0.1) is 46.4 Å². The lowest BCUT2D eigenvalue weighted by Gasteiger charge is -2.41. The molecule has 8 atom stereocenters. The quantitative estimate of drug-likeness (QED) is 0.255. The van der Waals surface area contributed by atoms with E-state index in [1.807, 2.05) is 0 Å². The molecular formula is C14H4Cl12O. The van der Waals surface area contributed by atoms with Gasteiger partial charge in [-0.3, -0.25) is 0 Å². The highest BCUT2D eigenvalue weighted by molar-refractivity contribution is 6.67. The van der Waals surface area contributed by atoms with Crippen molar-refractivity contribution in [1.29, 1.82) is 0 Å². The van der Waals surface area contributed by atoms with E-state index in [1.54, 1.807) is 0 Å². The second-order valence-electron chi connectivity index (χ2n) is 7.28. The summed E-state index contributed by atoms with van der Waals surface area (Å²) in [4.78, 5) is -6.53. The molecule has 4 bridgehead atoms. The third kappa shape index (κ3) is 1.70. The first-order valence-corrected chi connectivity index (χ1v) is 11.9. The summed E-state index contributed by atoms with van der Waals surface area (Å²) in [5, 5.41) is 0.00695. The zero-order chi connectivity index (χ0) is 20.3. The Morgan fingerprint density at radius 2 is 0.741 bits per heavy atom. The van der Waals surface area contributed by atoms with Crippen LogP contribution in [0.15, 0.2) is 20.1 Å². The van der Waals surface area contributed by atoms with Crippen LogP contribution in [0.2, 0.25) is 0 Å². The SMILES string of the molecule is ClC1=C(Cl)C2(Cl)C3C(OC4C3C3(Cl)C(Cl)=C(Cl)C4(Cl)C3(Cl)Cl)C1(Cl)C2(Cl)Cl. The maximum absolute atomic E-state index is 6.93. The molecule has 0 spiro atoms. The van der Waals surface area contributed by atoms with Crippen molar-refractivity contribution in [2.45, 2.75) is 40.4 Å². The fraction of sp³-hybridized carbons (Fsp3) is 0.714. The Balaban J connectivity index is 1.80. The molecule has 2 saturated carbocycles. The lowest BCUT2D eigenvalue weighted by molar-refractivity contribution is 0.0144. The molecule has 0 amide bonds. The molecule has 13 heteroatoms. The van der Waals surface area contributed by atoms with Crippen LogP contribution in [-0.2, 0) is 4.74 Å². The Morgan fingerprint density at radius 3 is 1.04 bits per heavy atom. The number of halogens is 12. The Bertz CT molecular complexity index is 811. The molecule has 5 aliphatic rings. The Morgan fingerprint density at radius 1 is 0.481 bits per heavy atom. The first-order chi connectivity index (χ1) is 12.1. The molecule has 0 aromatic carbocycles. The predicted octanol–water partition coefficient (Wildman–Crippen LogP) is 7.68. The number of allylic oxidation sites excluding steroid dienone is 2. The molecule has 4 aliphatic carbocycles. The predicted molar refractivity (Wildman–Crippen MR) is 116 cm³/mol. The molecule has 1 aliphatic heterocycles. The van der Waals surface area contributed by atoms with E-state index in [-0.39, 0.29) is 20.1 Å². The van der Waals surface area contributed by atoms with Crippen molar-refractivity contribution in [3.05, 3.63) is 20.1 Å². The number of alkyl halides is 8. The lowest BCUT2D eigenvalue weighted by Crippen LogP contribution is -2.51. The van der Waals surface area contributed by atoms with Crippen molar-refractivity contribution in [3.8, 4) is 0 Å². The van der Waals surface area contributed by atoms with Gasteiger partial charge in [-0.25, -0.2) is 0 Å². The van der Waals surface area contributed by atoms with E-state index in [1.165, 1.54) is 0 Å². The van der Waals surface area contributed by atoms with Gasteiger partial charge in [0.25, 0.3) is 0 Å². The van der Waals surface area contributed by atoms with Gasteiger partial charge >= 0.3 is 0 Å². The first kappa shape index (κ1) is 21.7. The van der Waals surface area contributed by atoms with Gasteiger partial charge in [-0.05, 0) is 0 Å². The van der Waals surface area contributed by atoms with Crippen LogP contribution in [0.1, 0.15) is 0 Å². The van der Waals surface area contributed by atoms with Crippen molar-refractivity contribution in [3.63, 3.8) is 0 Å². The molecule has 1 heterocycles. The summed E-state index contributed by atoms with van der Waals surface area (Å²) >= 11 is 79.6. The number of hydrogen-bond donors (Lipinski definition) is 0. The van der Waals surface area contributed by atoms with E-state index in [4.69, 9.17) is 144 Å². The van der Waals surface area contributed by atoms with Crippen molar-refractivity contribution in [2.75, 3.05) is 0 Å². The third-order valence-electron chi connectivity index (χ3n) is 6.53. The van der Waals surface area contributed by atoms with Crippen LogP contribution in [0.3, 0.4) is 0 Å². The summed E-state index contributed by atoms with van der Waals surface area (Å²) in [6.07, 6.45) is -1.77. The van der Waals surface area contributed by atoms with Gasteiger partial charge in [0.1, 0.15) is 19.5 Å². The minimum absolute atomic E-state index is 0.000174. The van der Waals surface area contributed by atoms with E-state index < -0.39 is 52.2 Å². The zero-order valence-corrected chi connectivity index (χ0v) is 21.3. The smallest absolute Gasteiger partial charge is 0.169 e. The standard InChI is InChI=1S/C14H4Cl12O/c15-3-5(17)11(21)7-1(9(3,19)13(11,23)24)2-8(27-7)12(22)6(18)4(16)10(2,20)14(12,25)26/h1-2,7-8H. The molecule has 1 nitrogen and oxygen atoms in total. The summed E-state index contributed by atoms with van der Waals surface area (Å²) in [6.45, 7) is 0. The number of hydrogen-bond acceptors (Lipinski definition) is 1. The minimum atomic E-state index is -1.81. The molecule has 5 rings (SSSR count). The van der Waals surface area contributed by atoms with E-state index >= 15 is 0 Å². The topological polar surface area (TPSA) is 9.23 Å². The normalized spacial score (nSPS) is 59.1. The zero-order valence-electron chi connectivity index (χ0n) is 12.3. The van der Waals surface area contributed by atoms with Crippen molar-refractivity contribution < 1.29 is 4.74 Å². The molecule has 0 aromatic rings. The third-order valence-corrected chi connectivity index (χ3v) is 15.0. The van der Waals surface area contributed by atoms with Crippen LogP contribution in [-0.4, -0.2) is 40.4 Å². The van der Waals surface area contributed by atoms with Crippen LogP contribution in [0, 0.1) is 11.8 Å². The Labute approximate surface area is 214 Å². The van der Waals surface area contributed by atoms with Crippen LogP contribution in [0.4, 0.5) is 0 Å². The monoisotopic (exact) mass is 608 g/mol. The molecule has 27 heavy (non-hydrogen) atoms. The fourth-order valence-corrected chi connectivity index (χ4v) is 11.2. The van der Waals surface area contributed by atoms with Gasteiger partial charge in [0.2, 0.25) is 0 Å². The van der Waals surface area contributed by atoms with Crippen molar-refractivity contribution in [2.24, 2.45) is 11.8 Å². The van der Waals surface area contributed by atoms with Gasteiger partial charge in [0.15, 0.2) is 8.67 Å². The molecule has 8 unspecified atom stereocenters. The lowest BCUT2D eigenvalue weighted by atomic mass is 9.74. The van der Waals surface area contributed by atoms with Gasteiger partial charge in [-0.2, -0.15) is 0 Å². The van der Waals surface area contributed by atoms with E-state index in [0.717, 1.165) is 0 Å². The van der Waals surface area contributed by atoms with Crippen molar-refractivity contribution >= 4 is 139 Å². The number of ether oxygens (including phenoxy) is 1. The highest BCUT2D eigenvalue weighted by Gasteiger charge is 2.94. The van der Waals surface area contributed by atoms with Gasteiger partial charge in [0.05, 0.1) is 32.3 Å². The average Bonchev–Trinajstić information content (AvgIpc) is 3.16. The Kier molecular flexibility index (Phi) is 4.44. The number of fused-ring (bicyclic) bond motifs is 11. The number of rotatable bonds is 0. The van der Waals surface area contributed by atoms with Crippen LogP contribution in [0.5, 0.6) is 0 Å². The second kappa shape index (κ2) is 5.52. The molecule has 0 N–H and O–H groups in total. The molecule has 3 fully saturated rings. The second-order valence-corrected chi connectivity index (χ2v) is 13.8. The van der Waals surface area contributed by atoms with E-state index in [2.05, 4.69) is 0 Å². The van der Waals surface area contributed by atoms with Gasteiger partial charge in [-0.1, -0.05) is 92.8 Å². The summed E-state index contributed by atoms with van der Waals surface area (Å²) in [5.41, 5.74) is 0. The highest BCUT2D eigenvalue weighted by atomic mass is 35.5. The van der Waals surface area contributed by atoms with Crippen LogP contribution < -0.4 is 0 Å². The van der Waals surface area contributed by atoms with Crippen LogP contribution in [0.25, 0.3) is 0 Å². The van der Waals surface area contributed by atoms with Crippen LogP contribution >= 0.6 is 139 Å². The van der Waals surface area contributed by atoms with E-state index in [0.29, 0.717) is 0 Å². The highest BCUT2D eigenvalue weighted by Crippen LogP contribution is 2.85. The summed E-state index contributed by atoms with van der Waals surface area (Å²) in [6, 6.07) is 0. The molecule has 0 aromatic heterocycles. The van der Waals surface area contributed by atoms with Crippen molar-refractivity contribution in [1.82, 2.24) is 0 Å². The van der Waals surface area contributed by atoms with E-state index in [9.17, 15) is 0 Å². The molecular weight excluding hydrogens is 610 g/mol. The molecule has 150 valence electrons.